The fourth-order valence-electron chi connectivity index (χ4n) is 4.45. The Morgan fingerprint density at radius 2 is 1.76 bits per heavy atom. The predicted octanol–water partition coefficient (Wildman–Crippen LogP) is 5.98. The third-order valence-corrected chi connectivity index (χ3v) is 6.12. The van der Waals surface area contributed by atoms with Gasteiger partial charge in [-0.2, -0.15) is 0 Å². The molecule has 1 atom stereocenters. The highest BCUT2D eigenvalue weighted by atomic mass is 35.5. The fraction of sp³-hybridized carbons (Fsp3) is 0.200. The Labute approximate surface area is 175 Å². The summed E-state index contributed by atoms with van der Waals surface area (Å²) in [6.07, 6.45) is 1.04. The minimum atomic E-state index is 0.174. The molecule has 0 saturated heterocycles. The Bertz CT molecular complexity index is 1130. The lowest BCUT2D eigenvalue weighted by Crippen LogP contribution is -2.35. The number of aromatic nitrogens is 1. The molecule has 0 bridgehead atoms. The number of para-hydroxylation sites is 1. The Morgan fingerprint density at radius 3 is 2.52 bits per heavy atom. The van der Waals surface area contributed by atoms with Crippen molar-refractivity contribution in [2.45, 2.75) is 19.0 Å². The molecule has 146 valence electrons. The standard InChI is InChI=1S/C25H23ClN2O/c1-29-20-12-8-18(9-13-20)25-24-22(21-4-2-3-5-23(21)27-24)14-15-28(25)16-17-6-10-19(26)11-7-17/h2-13,25,27H,14-16H2,1H3/t25-/m0/s1. The predicted molar refractivity (Wildman–Crippen MR) is 119 cm³/mol. The van der Waals surface area contributed by atoms with E-state index in [-0.39, 0.29) is 6.04 Å². The largest absolute Gasteiger partial charge is 0.497 e. The van der Waals surface area contributed by atoms with Crippen LogP contribution in [0.1, 0.15) is 28.4 Å². The number of nitrogens with zero attached hydrogens (tertiary/aromatic N) is 1. The second-order valence-corrected chi connectivity index (χ2v) is 8.02. The molecule has 0 radical (unpaired) electrons. The van der Waals surface area contributed by atoms with Gasteiger partial charge in [-0.05, 0) is 53.4 Å². The van der Waals surface area contributed by atoms with Crippen molar-refractivity contribution in [2.75, 3.05) is 13.7 Å². The minimum Gasteiger partial charge on any atom is -0.497 e. The van der Waals surface area contributed by atoms with E-state index in [1.807, 2.05) is 24.3 Å². The number of benzene rings is 3. The molecule has 0 spiro atoms. The molecular weight excluding hydrogens is 380 g/mol. The Kier molecular flexibility index (Phi) is 4.78. The third-order valence-electron chi connectivity index (χ3n) is 5.86. The van der Waals surface area contributed by atoms with Crippen molar-refractivity contribution in [1.82, 2.24) is 9.88 Å². The van der Waals surface area contributed by atoms with Gasteiger partial charge < -0.3 is 9.72 Å². The topological polar surface area (TPSA) is 28.3 Å². The van der Waals surface area contributed by atoms with Crippen LogP contribution in [0.25, 0.3) is 10.9 Å². The van der Waals surface area contributed by atoms with Crippen molar-refractivity contribution in [2.24, 2.45) is 0 Å². The highest BCUT2D eigenvalue weighted by Gasteiger charge is 2.31. The highest BCUT2D eigenvalue weighted by molar-refractivity contribution is 6.30. The van der Waals surface area contributed by atoms with Crippen molar-refractivity contribution >= 4 is 22.5 Å². The molecule has 3 aromatic carbocycles. The molecule has 0 unspecified atom stereocenters. The number of ether oxygens (including phenoxy) is 1. The Balaban J connectivity index is 1.59. The first kappa shape index (κ1) is 18.3. The van der Waals surface area contributed by atoms with E-state index in [1.165, 1.54) is 33.3 Å². The first-order valence-corrected chi connectivity index (χ1v) is 10.3. The maximum absolute atomic E-state index is 6.09. The van der Waals surface area contributed by atoms with Crippen LogP contribution in [-0.2, 0) is 13.0 Å². The van der Waals surface area contributed by atoms with Crippen molar-refractivity contribution < 1.29 is 4.74 Å². The van der Waals surface area contributed by atoms with Crippen molar-refractivity contribution in [3.63, 3.8) is 0 Å². The lowest BCUT2D eigenvalue weighted by Gasteiger charge is -2.36. The van der Waals surface area contributed by atoms with Crippen LogP contribution in [0.2, 0.25) is 5.02 Å². The molecule has 4 heteroatoms. The molecule has 0 amide bonds. The summed E-state index contributed by atoms with van der Waals surface area (Å²) in [7, 11) is 1.71. The van der Waals surface area contributed by atoms with Crippen LogP contribution < -0.4 is 4.74 Å². The average Bonchev–Trinajstić information content (AvgIpc) is 3.14. The maximum atomic E-state index is 6.09. The number of rotatable bonds is 4. The monoisotopic (exact) mass is 402 g/mol. The van der Waals surface area contributed by atoms with Crippen molar-refractivity contribution in [3.8, 4) is 5.75 Å². The van der Waals surface area contributed by atoms with Crippen LogP contribution in [0.3, 0.4) is 0 Å². The number of hydrogen-bond acceptors (Lipinski definition) is 2. The molecule has 2 heterocycles. The second-order valence-electron chi connectivity index (χ2n) is 7.59. The van der Waals surface area contributed by atoms with Crippen LogP contribution in [0.15, 0.2) is 72.8 Å². The summed E-state index contributed by atoms with van der Waals surface area (Å²) in [4.78, 5) is 6.27. The minimum absolute atomic E-state index is 0.174. The molecule has 0 fully saturated rings. The van der Waals surface area contributed by atoms with Gasteiger partial charge in [0.15, 0.2) is 0 Å². The van der Waals surface area contributed by atoms with Crippen LogP contribution in [0.4, 0.5) is 0 Å². The van der Waals surface area contributed by atoms with Gasteiger partial charge in [0.1, 0.15) is 5.75 Å². The molecule has 29 heavy (non-hydrogen) atoms. The van der Waals surface area contributed by atoms with Gasteiger partial charge in [0.05, 0.1) is 13.2 Å². The summed E-state index contributed by atoms with van der Waals surface area (Å²) < 4.78 is 5.37. The van der Waals surface area contributed by atoms with Crippen LogP contribution >= 0.6 is 11.6 Å². The molecule has 3 nitrogen and oxygen atoms in total. The molecule has 1 N–H and O–H groups in total. The molecule has 0 saturated carbocycles. The van der Waals surface area contributed by atoms with Gasteiger partial charge >= 0.3 is 0 Å². The van der Waals surface area contributed by atoms with Crippen LogP contribution in [0, 0.1) is 0 Å². The van der Waals surface area contributed by atoms with E-state index in [9.17, 15) is 0 Å². The lowest BCUT2D eigenvalue weighted by atomic mass is 9.92. The summed E-state index contributed by atoms with van der Waals surface area (Å²) in [5.74, 6) is 0.880. The van der Waals surface area contributed by atoms with E-state index in [0.29, 0.717) is 0 Å². The van der Waals surface area contributed by atoms with E-state index in [1.54, 1.807) is 7.11 Å². The molecule has 4 aromatic rings. The smallest absolute Gasteiger partial charge is 0.118 e. The number of halogens is 1. The SMILES string of the molecule is COc1ccc([C@H]2c3[nH]c4ccccc4c3CCN2Cc2ccc(Cl)cc2)cc1. The third kappa shape index (κ3) is 3.41. The normalized spacial score (nSPS) is 16.7. The molecular formula is C25H23ClN2O. The summed E-state index contributed by atoms with van der Waals surface area (Å²) in [5.41, 5.74) is 6.49. The van der Waals surface area contributed by atoms with Crippen LogP contribution in [0.5, 0.6) is 5.75 Å². The zero-order valence-corrected chi connectivity index (χ0v) is 17.1. The summed E-state index contributed by atoms with van der Waals surface area (Å²) in [6, 6.07) is 25.4. The molecule has 1 aliphatic rings. The summed E-state index contributed by atoms with van der Waals surface area (Å²) in [6.45, 7) is 1.89. The average molecular weight is 403 g/mol. The van der Waals surface area contributed by atoms with Gasteiger partial charge in [-0.25, -0.2) is 0 Å². The van der Waals surface area contributed by atoms with Gasteiger partial charge in [0.25, 0.3) is 0 Å². The van der Waals surface area contributed by atoms with E-state index in [2.05, 4.69) is 58.4 Å². The van der Waals surface area contributed by atoms with Gasteiger partial charge in [-0.1, -0.05) is 54.1 Å². The number of H-pyrrole nitrogens is 1. The van der Waals surface area contributed by atoms with Gasteiger partial charge in [0, 0.05) is 34.7 Å². The lowest BCUT2D eigenvalue weighted by molar-refractivity contribution is 0.202. The van der Waals surface area contributed by atoms with E-state index >= 15 is 0 Å². The molecule has 5 rings (SSSR count). The Morgan fingerprint density at radius 1 is 1.00 bits per heavy atom. The fourth-order valence-corrected chi connectivity index (χ4v) is 4.58. The van der Waals surface area contributed by atoms with Gasteiger partial charge in [-0.3, -0.25) is 4.90 Å². The van der Waals surface area contributed by atoms with E-state index < -0.39 is 0 Å². The van der Waals surface area contributed by atoms with Gasteiger partial charge in [0.2, 0.25) is 0 Å². The number of hydrogen-bond donors (Lipinski definition) is 1. The zero-order chi connectivity index (χ0) is 19.8. The molecule has 1 aliphatic heterocycles. The van der Waals surface area contributed by atoms with E-state index in [0.717, 1.165) is 30.3 Å². The molecule has 1 aromatic heterocycles. The number of aromatic amines is 1. The van der Waals surface area contributed by atoms with Crippen LogP contribution in [-0.4, -0.2) is 23.5 Å². The van der Waals surface area contributed by atoms with E-state index in [4.69, 9.17) is 16.3 Å². The first-order valence-electron chi connectivity index (χ1n) is 9.95. The van der Waals surface area contributed by atoms with Crippen molar-refractivity contribution in [1.29, 1.82) is 0 Å². The highest BCUT2D eigenvalue weighted by Crippen LogP contribution is 2.39. The van der Waals surface area contributed by atoms with Gasteiger partial charge in [-0.15, -0.1) is 0 Å². The zero-order valence-electron chi connectivity index (χ0n) is 16.4. The molecule has 0 aliphatic carbocycles. The number of nitrogens with one attached hydrogen (secondary N) is 1. The first-order chi connectivity index (χ1) is 14.2. The maximum Gasteiger partial charge on any atom is 0.118 e. The number of methoxy groups -OCH3 is 1. The van der Waals surface area contributed by atoms with Crippen molar-refractivity contribution in [3.05, 3.63) is 100 Å². The Hall–Kier alpha value is -2.75. The summed E-state index contributed by atoms with van der Waals surface area (Å²) in [5, 5.41) is 2.11. The summed E-state index contributed by atoms with van der Waals surface area (Å²) >= 11 is 6.09. The quantitative estimate of drug-likeness (QED) is 0.455. The number of fused-ring (bicyclic) bond motifs is 3. The second kappa shape index (κ2) is 7.58.